The molecule has 0 saturated heterocycles. The third-order valence-electron chi connectivity index (χ3n) is 3.67. The molecule has 0 spiro atoms. The Morgan fingerprint density at radius 2 is 1.56 bits per heavy atom. The summed E-state index contributed by atoms with van der Waals surface area (Å²) in [6.07, 6.45) is -0.479. The summed E-state index contributed by atoms with van der Waals surface area (Å²) in [5, 5.41) is 2.68. The van der Waals surface area contributed by atoms with Crippen molar-refractivity contribution < 1.29 is 14.3 Å². The van der Waals surface area contributed by atoms with Crippen molar-refractivity contribution in [2.24, 2.45) is 0 Å². The van der Waals surface area contributed by atoms with Crippen molar-refractivity contribution in [3.8, 4) is 0 Å². The van der Waals surface area contributed by atoms with Crippen molar-refractivity contribution >= 4 is 23.4 Å². The van der Waals surface area contributed by atoms with Crippen LogP contribution in [0.5, 0.6) is 0 Å². The zero-order valence-electron chi connectivity index (χ0n) is 16.3. The molecule has 0 aliphatic rings. The number of carbonyl (C=O) groups is 2. The lowest BCUT2D eigenvalue weighted by atomic mass is 10.2. The van der Waals surface area contributed by atoms with Gasteiger partial charge in [-0.25, -0.2) is 4.79 Å². The van der Waals surface area contributed by atoms with Gasteiger partial charge >= 0.3 is 6.09 Å². The monoisotopic (exact) mass is 349 g/mol. The molecule has 25 heavy (non-hydrogen) atoms. The van der Waals surface area contributed by atoms with E-state index in [-0.39, 0.29) is 5.91 Å². The number of hydrogen-bond acceptors (Lipinski definition) is 4. The Hall–Kier alpha value is -2.24. The molecule has 6 heteroatoms. The lowest BCUT2D eigenvalue weighted by Gasteiger charge is -2.25. The molecule has 0 aliphatic carbocycles. The first-order chi connectivity index (χ1) is 11.7. The summed E-state index contributed by atoms with van der Waals surface area (Å²) in [4.78, 5) is 27.5. The van der Waals surface area contributed by atoms with Crippen LogP contribution in [-0.2, 0) is 9.53 Å². The van der Waals surface area contributed by atoms with Crippen molar-refractivity contribution in [1.29, 1.82) is 0 Å². The second-order valence-electron chi connectivity index (χ2n) is 6.79. The van der Waals surface area contributed by atoms with Gasteiger partial charge in [0.15, 0.2) is 0 Å². The molecular formula is C19H31N3O3. The van der Waals surface area contributed by atoms with Crippen molar-refractivity contribution in [2.75, 3.05) is 36.0 Å². The van der Waals surface area contributed by atoms with Crippen LogP contribution < -0.4 is 15.1 Å². The number of carbonyl (C=O) groups excluding carboxylic acids is 2. The lowest BCUT2D eigenvalue weighted by Crippen LogP contribution is -2.39. The van der Waals surface area contributed by atoms with E-state index in [1.165, 1.54) is 6.92 Å². The smallest absolute Gasteiger partial charge is 0.407 e. The standard InChI is InChI=1S/C19H31N3O3/c1-7-21(8-2)16-9-11-17(12-10-16)22(15(3)23)14-13-20-18(24)25-19(4,5)6/h9-12H,7-8,13-14H2,1-6H3,(H,20,24). The maximum atomic E-state index is 12.0. The predicted molar refractivity (Wildman–Crippen MR) is 102 cm³/mol. The third kappa shape index (κ3) is 7.03. The van der Waals surface area contributed by atoms with Crippen LogP contribution >= 0.6 is 0 Å². The van der Waals surface area contributed by atoms with Gasteiger partial charge in [-0.2, -0.15) is 0 Å². The Labute approximate surface area is 151 Å². The summed E-state index contributed by atoms with van der Waals surface area (Å²) < 4.78 is 5.19. The zero-order valence-corrected chi connectivity index (χ0v) is 16.3. The van der Waals surface area contributed by atoms with E-state index in [0.29, 0.717) is 13.1 Å². The van der Waals surface area contributed by atoms with Crippen molar-refractivity contribution in [1.82, 2.24) is 5.32 Å². The maximum Gasteiger partial charge on any atom is 0.407 e. The van der Waals surface area contributed by atoms with Crippen LogP contribution in [0.1, 0.15) is 41.5 Å². The van der Waals surface area contributed by atoms with Gasteiger partial charge < -0.3 is 19.9 Å². The van der Waals surface area contributed by atoms with Crippen LogP contribution in [-0.4, -0.2) is 43.8 Å². The highest BCUT2D eigenvalue weighted by Gasteiger charge is 2.17. The van der Waals surface area contributed by atoms with Crippen LogP contribution in [0, 0.1) is 0 Å². The Bertz CT molecular complexity index is 560. The Morgan fingerprint density at radius 1 is 1.04 bits per heavy atom. The fraction of sp³-hybridized carbons (Fsp3) is 0.579. The number of alkyl carbamates (subject to hydrolysis) is 1. The molecule has 140 valence electrons. The molecule has 1 rings (SSSR count). The van der Waals surface area contributed by atoms with E-state index in [4.69, 9.17) is 4.74 Å². The minimum absolute atomic E-state index is 0.0680. The SMILES string of the molecule is CCN(CC)c1ccc(N(CCNC(=O)OC(C)(C)C)C(C)=O)cc1. The van der Waals surface area contributed by atoms with Crippen LogP contribution in [0.25, 0.3) is 0 Å². The Morgan fingerprint density at radius 3 is 2.00 bits per heavy atom. The molecule has 0 radical (unpaired) electrons. The molecule has 6 nitrogen and oxygen atoms in total. The van der Waals surface area contributed by atoms with Gasteiger partial charge in [-0.1, -0.05) is 0 Å². The summed E-state index contributed by atoms with van der Waals surface area (Å²) in [5.41, 5.74) is 1.41. The molecule has 0 fully saturated rings. The summed E-state index contributed by atoms with van der Waals surface area (Å²) in [5.74, 6) is -0.0680. The molecule has 0 unspecified atom stereocenters. The molecule has 0 heterocycles. The molecule has 2 amide bonds. The second-order valence-corrected chi connectivity index (χ2v) is 6.79. The van der Waals surface area contributed by atoms with E-state index in [2.05, 4.69) is 24.1 Å². The third-order valence-corrected chi connectivity index (χ3v) is 3.67. The van der Waals surface area contributed by atoms with Gasteiger partial charge in [0.1, 0.15) is 5.60 Å². The number of amides is 2. The predicted octanol–water partition coefficient (Wildman–Crippen LogP) is 3.41. The topological polar surface area (TPSA) is 61.9 Å². The number of nitrogens with one attached hydrogen (secondary N) is 1. The van der Waals surface area contributed by atoms with Crippen LogP contribution in [0.2, 0.25) is 0 Å². The van der Waals surface area contributed by atoms with Gasteiger partial charge in [-0.15, -0.1) is 0 Å². The van der Waals surface area contributed by atoms with Gasteiger partial charge in [0.25, 0.3) is 0 Å². The molecule has 0 aliphatic heterocycles. The van der Waals surface area contributed by atoms with Gasteiger partial charge in [0.05, 0.1) is 0 Å². The van der Waals surface area contributed by atoms with E-state index in [1.54, 1.807) is 4.90 Å². The van der Waals surface area contributed by atoms with Crippen molar-refractivity contribution in [3.05, 3.63) is 24.3 Å². The van der Waals surface area contributed by atoms with E-state index in [0.717, 1.165) is 24.5 Å². The van der Waals surface area contributed by atoms with E-state index < -0.39 is 11.7 Å². The number of benzene rings is 1. The minimum atomic E-state index is -0.537. The fourth-order valence-corrected chi connectivity index (χ4v) is 2.48. The minimum Gasteiger partial charge on any atom is -0.444 e. The molecule has 0 bridgehead atoms. The van der Waals surface area contributed by atoms with Gasteiger partial charge in [0, 0.05) is 44.5 Å². The van der Waals surface area contributed by atoms with Crippen LogP contribution in [0.15, 0.2) is 24.3 Å². The van der Waals surface area contributed by atoms with Crippen molar-refractivity contribution in [2.45, 2.75) is 47.1 Å². The molecule has 1 N–H and O–H groups in total. The number of nitrogens with zero attached hydrogens (tertiary/aromatic N) is 2. The normalized spacial score (nSPS) is 11.0. The van der Waals surface area contributed by atoms with Crippen LogP contribution in [0.4, 0.5) is 16.2 Å². The number of ether oxygens (including phenoxy) is 1. The van der Waals surface area contributed by atoms with Crippen molar-refractivity contribution in [3.63, 3.8) is 0 Å². The molecule has 0 saturated carbocycles. The van der Waals surface area contributed by atoms with E-state index in [1.807, 2.05) is 45.0 Å². The zero-order chi connectivity index (χ0) is 19.0. The average molecular weight is 349 g/mol. The summed E-state index contributed by atoms with van der Waals surface area (Å²) in [6.45, 7) is 13.8. The van der Waals surface area contributed by atoms with Gasteiger partial charge in [-0.05, 0) is 58.9 Å². The summed E-state index contributed by atoms with van der Waals surface area (Å²) in [7, 11) is 0. The highest BCUT2D eigenvalue weighted by atomic mass is 16.6. The summed E-state index contributed by atoms with van der Waals surface area (Å²) in [6, 6.07) is 7.89. The Balaban J connectivity index is 2.68. The number of hydrogen-bond donors (Lipinski definition) is 1. The highest BCUT2D eigenvalue weighted by molar-refractivity contribution is 5.91. The molecular weight excluding hydrogens is 318 g/mol. The largest absolute Gasteiger partial charge is 0.444 e. The number of rotatable bonds is 7. The Kier molecular flexibility index (Phi) is 7.74. The van der Waals surface area contributed by atoms with Gasteiger partial charge in [0.2, 0.25) is 5.91 Å². The summed E-state index contributed by atoms with van der Waals surface area (Å²) >= 11 is 0. The van der Waals surface area contributed by atoms with Crippen LogP contribution in [0.3, 0.4) is 0 Å². The fourth-order valence-electron chi connectivity index (χ4n) is 2.48. The van der Waals surface area contributed by atoms with E-state index >= 15 is 0 Å². The first-order valence-corrected chi connectivity index (χ1v) is 8.78. The average Bonchev–Trinajstić information content (AvgIpc) is 2.51. The highest BCUT2D eigenvalue weighted by Crippen LogP contribution is 2.20. The first kappa shape index (κ1) is 20.8. The molecule has 1 aromatic rings. The first-order valence-electron chi connectivity index (χ1n) is 8.78. The van der Waals surface area contributed by atoms with E-state index in [9.17, 15) is 9.59 Å². The molecule has 1 aromatic carbocycles. The second kappa shape index (κ2) is 9.30. The molecule has 0 atom stereocenters. The van der Waals surface area contributed by atoms with Gasteiger partial charge in [-0.3, -0.25) is 4.79 Å². The number of anilines is 2. The lowest BCUT2D eigenvalue weighted by molar-refractivity contribution is -0.116. The maximum absolute atomic E-state index is 12.0. The molecule has 0 aromatic heterocycles. The quantitative estimate of drug-likeness (QED) is 0.819.